The van der Waals surface area contributed by atoms with E-state index in [0.717, 1.165) is 11.1 Å². The number of methoxy groups -OCH3 is 2. The minimum absolute atomic E-state index is 0.0233. The molecule has 5 nitrogen and oxygen atoms in total. The van der Waals surface area contributed by atoms with Crippen LogP contribution in [0.3, 0.4) is 0 Å². The third kappa shape index (κ3) is 3.49. The lowest BCUT2D eigenvalue weighted by Gasteiger charge is -2.11. The van der Waals surface area contributed by atoms with Gasteiger partial charge >= 0.3 is 0 Å². The number of hydrogen-bond acceptors (Lipinski definition) is 4. The quantitative estimate of drug-likeness (QED) is 0.891. The number of benzene rings is 2. The first-order valence-electron chi connectivity index (χ1n) is 6.84. The molecule has 0 spiro atoms. The Balaban J connectivity index is 2.08. The second-order valence-electron chi connectivity index (χ2n) is 4.89. The van der Waals surface area contributed by atoms with E-state index in [2.05, 4.69) is 5.32 Å². The van der Waals surface area contributed by atoms with Crippen LogP contribution in [0.1, 0.15) is 21.5 Å². The number of phenolic OH excluding ortho intramolecular Hbond substituents is 1. The van der Waals surface area contributed by atoms with Gasteiger partial charge in [-0.3, -0.25) is 4.79 Å². The highest BCUT2D eigenvalue weighted by Crippen LogP contribution is 2.27. The normalized spacial score (nSPS) is 10.1. The summed E-state index contributed by atoms with van der Waals surface area (Å²) >= 11 is 0. The SMILES string of the molecule is COc1ccc(CNC(=O)c2ccc(C)cc2O)cc1OC. The van der Waals surface area contributed by atoms with E-state index in [-0.39, 0.29) is 17.2 Å². The van der Waals surface area contributed by atoms with Crippen molar-refractivity contribution in [2.45, 2.75) is 13.5 Å². The van der Waals surface area contributed by atoms with E-state index in [1.54, 1.807) is 44.6 Å². The van der Waals surface area contributed by atoms with Crippen LogP contribution in [0.25, 0.3) is 0 Å². The Labute approximate surface area is 129 Å². The molecule has 22 heavy (non-hydrogen) atoms. The van der Waals surface area contributed by atoms with Crippen molar-refractivity contribution in [3.8, 4) is 17.2 Å². The van der Waals surface area contributed by atoms with Crippen molar-refractivity contribution in [1.82, 2.24) is 5.32 Å². The molecule has 2 N–H and O–H groups in total. The maximum Gasteiger partial charge on any atom is 0.255 e. The molecule has 0 bridgehead atoms. The van der Waals surface area contributed by atoms with Gasteiger partial charge in [0.05, 0.1) is 19.8 Å². The molecular formula is C17H19NO4. The van der Waals surface area contributed by atoms with Gasteiger partial charge in [-0.25, -0.2) is 0 Å². The highest BCUT2D eigenvalue weighted by atomic mass is 16.5. The second kappa shape index (κ2) is 6.85. The third-order valence-corrected chi connectivity index (χ3v) is 3.30. The Bertz CT molecular complexity index is 682. The Hall–Kier alpha value is -2.69. The minimum atomic E-state index is -0.327. The molecule has 116 valence electrons. The fourth-order valence-electron chi connectivity index (χ4n) is 2.10. The number of amides is 1. The molecule has 2 aromatic carbocycles. The van der Waals surface area contributed by atoms with E-state index in [4.69, 9.17) is 9.47 Å². The number of carbonyl (C=O) groups is 1. The zero-order valence-electron chi connectivity index (χ0n) is 12.8. The highest BCUT2D eigenvalue weighted by molar-refractivity contribution is 5.96. The Morgan fingerprint density at radius 1 is 1.09 bits per heavy atom. The van der Waals surface area contributed by atoms with E-state index >= 15 is 0 Å². The number of carbonyl (C=O) groups excluding carboxylic acids is 1. The molecule has 0 radical (unpaired) electrons. The lowest BCUT2D eigenvalue weighted by molar-refractivity contribution is 0.0948. The maximum atomic E-state index is 12.1. The van der Waals surface area contributed by atoms with Crippen molar-refractivity contribution in [2.75, 3.05) is 14.2 Å². The molecule has 2 rings (SSSR count). The van der Waals surface area contributed by atoms with Gasteiger partial charge in [-0.1, -0.05) is 12.1 Å². The molecule has 0 aliphatic rings. The summed E-state index contributed by atoms with van der Waals surface area (Å²) in [6.07, 6.45) is 0. The van der Waals surface area contributed by atoms with Crippen molar-refractivity contribution < 1.29 is 19.4 Å². The third-order valence-electron chi connectivity index (χ3n) is 3.30. The van der Waals surface area contributed by atoms with Crippen LogP contribution in [0.5, 0.6) is 17.2 Å². The molecule has 0 heterocycles. The lowest BCUT2D eigenvalue weighted by atomic mass is 10.1. The lowest BCUT2D eigenvalue weighted by Crippen LogP contribution is -2.22. The maximum absolute atomic E-state index is 12.1. The van der Waals surface area contributed by atoms with Crippen molar-refractivity contribution in [3.05, 3.63) is 53.1 Å². The van der Waals surface area contributed by atoms with Crippen LogP contribution in [0.15, 0.2) is 36.4 Å². The van der Waals surface area contributed by atoms with Gasteiger partial charge in [0.15, 0.2) is 11.5 Å². The summed E-state index contributed by atoms with van der Waals surface area (Å²) in [4.78, 5) is 12.1. The number of phenols is 1. The van der Waals surface area contributed by atoms with Gasteiger partial charge in [-0.15, -0.1) is 0 Å². The van der Waals surface area contributed by atoms with Crippen LogP contribution < -0.4 is 14.8 Å². The largest absolute Gasteiger partial charge is 0.507 e. The molecule has 0 aliphatic heterocycles. The molecule has 0 fully saturated rings. The monoisotopic (exact) mass is 301 g/mol. The van der Waals surface area contributed by atoms with Crippen LogP contribution in [-0.4, -0.2) is 25.2 Å². The first-order chi connectivity index (χ1) is 10.5. The van der Waals surface area contributed by atoms with Gasteiger partial charge in [-0.05, 0) is 42.3 Å². The van der Waals surface area contributed by atoms with Gasteiger partial charge in [0.2, 0.25) is 0 Å². The summed E-state index contributed by atoms with van der Waals surface area (Å²) in [5, 5.41) is 12.6. The second-order valence-corrected chi connectivity index (χ2v) is 4.89. The van der Waals surface area contributed by atoms with Crippen molar-refractivity contribution in [1.29, 1.82) is 0 Å². The van der Waals surface area contributed by atoms with Crippen LogP contribution in [0.4, 0.5) is 0 Å². The fraction of sp³-hybridized carbons (Fsp3) is 0.235. The number of hydrogen-bond donors (Lipinski definition) is 2. The minimum Gasteiger partial charge on any atom is -0.507 e. The average molecular weight is 301 g/mol. The van der Waals surface area contributed by atoms with Gasteiger partial charge in [-0.2, -0.15) is 0 Å². The van der Waals surface area contributed by atoms with Gasteiger partial charge in [0.1, 0.15) is 5.75 Å². The number of rotatable bonds is 5. The summed E-state index contributed by atoms with van der Waals surface area (Å²) in [6.45, 7) is 2.18. The summed E-state index contributed by atoms with van der Waals surface area (Å²) < 4.78 is 10.4. The summed E-state index contributed by atoms with van der Waals surface area (Å²) in [7, 11) is 3.13. The Kier molecular flexibility index (Phi) is 4.88. The fourth-order valence-corrected chi connectivity index (χ4v) is 2.10. The highest BCUT2D eigenvalue weighted by Gasteiger charge is 2.11. The van der Waals surface area contributed by atoms with E-state index in [9.17, 15) is 9.90 Å². The summed E-state index contributed by atoms with van der Waals surface area (Å²) in [6, 6.07) is 10.4. The van der Waals surface area contributed by atoms with Crippen LogP contribution in [0, 0.1) is 6.92 Å². The van der Waals surface area contributed by atoms with Crippen molar-refractivity contribution in [2.24, 2.45) is 0 Å². The summed E-state index contributed by atoms with van der Waals surface area (Å²) in [5.41, 5.74) is 2.03. The predicted octanol–water partition coefficient (Wildman–Crippen LogP) is 2.65. The zero-order chi connectivity index (χ0) is 16.1. The van der Waals surface area contributed by atoms with Crippen LogP contribution in [-0.2, 0) is 6.54 Å². The van der Waals surface area contributed by atoms with Gasteiger partial charge in [0.25, 0.3) is 5.91 Å². The smallest absolute Gasteiger partial charge is 0.255 e. The Morgan fingerprint density at radius 3 is 2.45 bits per heavy atom. The first-order valence-corrected chi connectivity index (χ1v) is 6.84. The zero-order valence-corrected chi connectivity index (χ0v) is 12.8. The Morgan fingerprint density at radius 2 is 1.82 bits per heavy atom. The molecule has 0 atom stereocenters. The molecule has 0 unspecified atom stereocenters. The number of nitrogens with one attached hydrogen (secondary N) is 1. The molecule has 5 heteroatoms. The average Bonchev–Trinajstić information content (AvgIpc) is 2.52. The van der Waals surface area contributed by atoms with E-state index < -0.39 is 0 Å². The molecule has 0 saturated heterocycles. The number of aryl methyl sites for hydroxylation is 1. The van der Waals surface area contributed by atoms with E-state index in [0.29, 0.717) is 18.0 Å². The van der Waals surface area contributed by atoms with Gasteiger partial charge in [0, 0.05) is 6.54 Å². The molecule has 0 aromatic heterocycles. The van der Waals surface area contributed by atoms with Crippen molar-refractivity contribution in [3.63, 3.8) is 0 Å². The molecule has 0 saturated carbocycles. The van der Waals surface area contributed by atoms with E-state index in [1.807, 2.05) is 13.0 Å². The van der Waals surface area contributed by atoms with Crippen LogP contribution >= 0.6 is 0 Å². The molecular weight excluding hydrogens is 282 g/mol. The summed E-state index contributed by atoms with van der Waals surface area (Å²) in [5.74, 6) is 0.887. The first kappa shape index (κ1) is 15.7. The van der Waals surface area contributed by atoms with Gasteiger partial charge < -0.3 is 19.9 Å². The predicted molar refractivity (Wildman–Crippen MR) is 83.6 cm³/mol. The molecule has 1 amide bonds. The van der Waals surface area contributed by atoms with E-state index in [1.165, 1.54) is 0 Å². The molecule has 0 aliphatic carbocycles. The topological polar surface area (TPSA) is 67.8 Å². The number of aromatic hydroxyl groups is 1. The molecule has 2 aromatic rings. The van der Waals surface area contributed by atoms with Crippen molar-refractivity contribution >= 4 is 5.91 Å². The van der Waals surface area contributed by atoms with Crippen LogP contribution in [0.2, 0.25) is 0 Å². The standard InChI is InChI=1S/C17H19NO4/c1-11-4-6-13(14(19)8-11)17(20)18-10-12-5-7-15(21-2)16(9-12)22-3/h4-9,19H,10H2,1-3H3,(H,18,20). The number of ether oxygens (including phenoxy) is 2.